The summed E-state index contributed by atoms with van der Waals surface area (Å²) in [5, 5.41) is 6.18. The lowest BCUT2D eigenvalue weighted by Crippen LogP contribution is -2.37. The van der Waals surface area contributed by atoms with Crippen molar-refractivity contribution in [2.75, 3.05) is 50.2 Å². The highest BCUT2D eigenvalue weighted by atomic mass is 16.5. The summed E-state index contributed by atoms with van der Waals surface area (Å²) < 4.78 is 10.7. The summed E-state index contributed by atoms with van der Waals surface area (Å²) in [6, 6.07) is 15.7. The first-order valence-electron chi connectivity index (χ1n) is 8.82. The van der Waals surface area contributed by atoms with Crippen molar-refractivity contribution in [3.05, 3.63) is 54.1 Å². The van der Waals surface area contributed by atoms with E-state index in [4.69, 9.17) is 9.47 Å². The number of para-hydroxylation sites is 3. The molecule has 0 saturated carbocycles. The van der Waals surface area contributed by atoms with Crippen LogP contribution in [0.25, 0.3) is 0 Å². The van der Waals surface area contributed by atoms with Crippen LogP contribution in [0.3, 0.4) is 0 Å². The van der Waals surface area contributed by atoms with Gasteiger partial charge in [0.15, 0.2) is 0 Å². The second-order valence-corrected chi connectivity index (χ2v) is 6.08. The number of hydrogen-bond acceptors (Lipinski definition) is 5. The second kappa shape index (κ2) is 9.22. The minimum atomic E-state index is -0.0689. The average Bonchev–Trinajstić information content (AvgIpc) is 2.69. The van der Waals surface area contributed by atoms with Crippen LogP contribution in [0.2, 0.25) is 0 Å². The lowest BCUT2D eigenvalue weighted by Gasteiger charge is -2.30. The molecule has 0 spiro atoms. The third kappa shape index (κ3) is 4.74. The Morgan fingerprint density at radius 1 is 1.12 bits per heavy atom. The molecule has 1 saturated heterocycles. The molecule has 3 rings (SSSR count). The number of morpholine rings is 1. The average molecular weight is 355 g/mol. The Morgan fingerprint density at radius 3 is 2.65 bits per heavy atom. The first-order chi connectivity index (χ1) is 12.8. The highest BCUT2D eigenvalue weighted by Crippen LogP contribution is 2.26. The lowest BCUT2D eigenvalue weighted by atomic mass is 10.2. The van der Waals surface area contributed by atoms with Gasteiger partial charge in [-0.3, -0.25) is 4.79 Å². The van der Waals surface area contributed by atoms with Gasteiger partial charge in [0.25, 0.3) is 0 Å². The van der Waals surface area contributed by atoms with Crippen molar-refractivity contribution in [3.63, 3.8) is 0 Å². The van der Waals surface area contributed by atoms with Crippen molar-refractivity contribution in [1.29, 1.82) is 0 Å². The van der Waals surface area contributed by atoms with E-state index in [0.717, 1.165) is 35.8 Å². The number of hydrogen-bond donors (Lipinski definition) is 2. The molecule has 1 heterocycles. The molecular formula is C20H25N3O3. The van der Waals surface area contributed by atoms with Gasteiger partial charge in [-0.1, -0.05) is 30.3 Å². The van der Waals surface area contributed by atoms with Gasteiger partial charge in [-0.2, -0.15) is 0 Å². The highest BCUT2D eigenvalue weighted by Gasteiger charge is 2.15. The number of benzene rings is 2. The molecule has 0 aromatic heterocycles. The minimum absolute atomic E-state index is 0.0689. The molecule has 6 heteroatoms. The molecule has 1 fully saturated rings. The predicted molar refractivity (Wildman–Crippen MR) is 103 cm³/mol. The van der Waals surface area contributed by atoms with Crippen LogP contribution in [0.1, 0.15) is 5.56 Å². The molecule has 2 N–H and O–H groups in total. The SMILES string of the molecule is COc1ccccc1CNCC(=O)Nc1ccccc1N1CCOCC1. The number of anilines is 2. The number of nitrogens with one attached hydrogen (secondary N) is 2. The van der Waals surface area contributed by atoms with Crippen LogP contribution < -0.4 is 20.3 Å². The van der Waals surface area contributed by atoms with Crippen molar-refractivity contribution < 1.29 is 14.3 Å². The van der Waals surface area contributed by atoms with Crippen LogP contribution in [-0.4, -0.2) is 45.9 Å². The molecule has 0 bridgehead atoms. The molecule has 2 aromatic carbocycles. The van der Waals surface area contributed by atoms with E-state index in [-0.39, 0.29) is 12.5 Å². The van der Waals surface area contributed by atoms with E-state index in [1.54, 1.807) is 7.11 Å². The summed E-state index contributed by atoms with van der Waals surface area (Å²) in [4.78, 5) is 14.6. The molecule has 26 heavy (non-hydrogen) atoms. The number of ether oxygens (including phenoxy) is 2. The summed E-state index contributed by atoms with van der Waals surface area (Å²) in [5.41, 5.74) is 2.89. The summed E-state index contributed by atoms with van der Waals surface area (Å²) in [5.74, 6) is 0.749. The number of amides is 1. The van der Waals surface area contributed by atoms with E-state index in [0.29, 0.717) is 19.8 Å². The Hall–Kier alpha value is -2.57. The smallest absolute Gasteiger partial charge is 0.238 e. The zero-order valence-electron chi connectivity index (χ0n) is 15.0. The fourth-order valence-electron chi connectivity index (χ4n) is 3.01. The van der Waals surface area contributed by atoms with E-state index >= 15 is 0 Å². The quantitative estimate of drug-likeness (QED) is 0.798. The fourth-order valence-corrected chi connectivity index (χ4v) is 3.01. The largest absolute Gasteiger partial charge is 0.496 e. The lowest BCUT2D eigenvalue weighted by molar-refractivity contribution is -0.115. The van der Waals surface area contributed by atoms with Gasteiger partial charge in [0.05, 0.1) is 38.2 Å². The molecule has 2 aromatic rings. The molecule has 6 nitrogen and oxygen atoms in total. The number of carbonyl (C=O) groups excluding carboxylic acids is 1. The first-order valence-corrected chi connectivity index (χ1v) is 8.82. The summed E-state index contributed by atoms with van der Waals surface area (Å²) in [6.07, 6.45) is 0. The van der Waals surface area contributed by atoms with Crippen LogP contribution in [0.4, 0.5) is 11.4 Å². The zero-order chi connectivity index (χ0) is 18.2. The van der Waals surface area contributed by atoms with Gasteiger partial charge in [0, 0.05) is 25.2 Å². The Morgan fingerprint density at radius 2 is 1.85 bits per heavy atom. The van der Waals surface area contributed by atoms with E-state index < -0.39 is 0 Å². The monoisotopic (exact) mass is 355 g/mol. The molecule has 0 radical (unpaired) electrons. The van der Waals surface area contributed by atoms with Crippen molar-refractivity contribution in [2.45, 2.75) is 6.54 Å². The van der Waals surface area contributed by atoms with Gasteiger partial charge >= 0.3 is 0 Å². The van der Waals surface area contributed by atoms with Gasteiger partial charge in [-0.25, -0.2) is 0 Å². The maximum atomic E-state index is 12.3. The zero-order valence-corrected chi connectivity index (χ0v) is 15.0. The van der Waals surface area contributed by atoms with Crippen molar-refractivity contribution in [2.24, 2.45) is 0 Å². The maximum Gasteiger partial charge on any atom is 0.238 e. The molecule has 0 aliphatic carbocycles. The van der Waals surface area contributed by atoms with Crippen molar-refractivity contribution >= 4 is 17.3 Å². The van der Waals surface area contributed by atoms with Gasteiger partial charge < -0.3 is 25.0 Å². The standard InChI is InChI=1S/C20H25N3O3/c1-25-19-9-5-2-6-16(19)14-21-15-20(24)22-17-7-3-4-8-18(17)23-10-12-26-13-11-23/h2-9,21H,10-15H2,1H3,(H,22,24). The van der Waals surface area contributed by atoms with Crippen LogP contribution in [0.15, 0.2) is 48.5 Å². The van der Waals surface area contributed by atoms with Gasteiger partial charge in [0.1, 0.15) is 5.75 Å². The molecule has 1 amide bonds. The summed E-state index contributed by atoms with van der Waals surface area (Å²) >= 11 is 0. The third-order valence-corrected chi connectivity index (χ3v) is 4.32. The molecule has 1 aliphatic heterocycles. The van der Waals surface area contributed by atoms with Crippen molar-refractivity contribution in [1.82, 2.24) is 5.32 Å². The topological polar surface area (TPSA) is 62.8 Å². The van der Waals surface area contributed by atoms with E-state index in [9.17, 15) is 4.79 Å². The molecule has 0 atom stereocenters. The maximum absolute atomic E-state index is 12.3. The van der Waals surface area contributed by atoms with Gasteiger partial charge in [0.2, 0.25) is 5.91 Å². The molecule has 1 aliphatic rings. The van der Waals surface area contributed by atoms with Crippen molar-refractivity contribution in [3.8, 4) is 5.75 Å². The Balaban J connectivity index is 1.55. The van der Waals surface area contributed by atoms with Crippen LogP contribution in [0.5, 0.6) is 5.75 Å². The Bertz CT molecular complexity index is 730. The van der Waals surface area contributed by atoms with E-state index in [1.807, 2.05) is 48.5 Å². The Kier molecular flexibility index (Phi) is 6.46. The van der Waals surface area contributed by atoms with Crippen LogP contribution >= 0.6 is 0 Å². The summed E-state index contributed by atoms with van der Waals surface area (Å²) in [7, 11) is 1.65. The molecule has 138 valence electrons. The number of rotatable bonds is 7. The first kappa shape index (κ1) is 18.2. The van der Waals surface area contributed by atoms with Gasteiger partial charge in [-0.15, -0.1) is 0 Å². The number of methoxy groups -OCH3 is 1. The Labute approximate surface area is 154 Å². The fraction of sp³-hybridized carbons (Fsp3) is 0.350. The highest BCUT2D eigenvalue weighted by molar-refractivity contribution is 5.95. The summed E-state index contributed by atoms with van der Waals surface area (Å²) in [6.45, 7) is 3.89. The molecular weight excluding hydrogens is 330 g/mol. The van der Waals surface area contributed by atoms with Crippen LogP contribution in [0, 0.1) is 0 Å². The number of nitrogens with zero attached hydrogens (tertiary/aromatic N) is 1. The molecule has 0 unspecified atom stereocenters. The normalized spacial score (nSPS) is 14.1. The predicted octanol–water partition coefficient (Wildman–Crippen LogP) is 2.26. The van der Waals surface area contributed by atoms with Crippen LogP contribution in [-0.2, 0) is 16.1 Å². The minimum Gasteiger partial charge on any atom is -0.496 e. The van der Waals surface area contributed by atoms with E-state index in [2.05, 4.69) is 15.5 Å². The number of carbonyl (C=O) groups is 1. The second-order valence-electron chi connectivity index (χ2n) is 6.08. The third-order valence-electron chi connectivity index (χ3n) is 4.32. The van der Waals surface area contributed by atoms with Gasteiger partial charge in [-0.05, 0) is 18.2 Å². The van der Waals surface area contributed by atoms with E-state index in [1.165, 1.54) is 0 Å².